The van der Waals surface area contributed by atoms with Crippen molar-refractivity contribution in [1.82, 2.24) is 9.80 Å². The van der Waals surface area contributed by atoms with Gasteiger partial charge in [0.1, 0.15) is 0 Å². The third-order valence-corrected chi connectivity index (χ3v) is 3.78. The first-order valence-corrected chi connectivity index (χ1v) is 9.79. The fourth-order valence-corrected chi connectivity index (χ4v) is 5.30. The van der Waals surface area contributed by atoms with Crippen LogP contribution in [0, 0.1) is 0 Å². The van der Waals surface area contributed by atoms with Gasteiger partial charge in [-0.05, 0) is 83.1 Å². The number of hydrogen-bond donors (Lipinski definition) is 0. The summed E-state index contributed by atoms with van der Waals surface area (Å²) in [5, 5.41) is 0. The van der Waals surface area contributed by atoms with Crippen molar-refractivity contribution in [3.63, 3.8) is 0 Å². The Morgan fingerprint density at radius 3 is 0.640 bits per heavy atom. The predicted molar refractivity (Wildman–Crippen MR) is 123 cm³/mol. The molecule has 0 fully saturated rings. The smallest absolute Gasteiger partial charge is 0.411 e. The van der Waals surface area contributed by atoms with Crippen molar-refractivity contribution in [3.8, 4) is 0 Å². The van der Waals surface area contributed by atoms with Crippen LogP contribution in [-0.2, 0) is 44.7 Å². The molecule has 0 amide bonds. The molecule has 2 nitrogen and oxygen atoms in total. The molecule has 25 heavy (non-hydrogen) atoms. The summed E-state index contributed by atoms with van der Waals surface area (Å²) in [5.41, 5.74) is 0.0440. The average molecular weight is 474 g/mol. The Morgan fingerprint density at radius 1 is 0.520 bits per heavy atom. The van der Waals surface area contributed by atoms with Crippen molar-refractivity contribution in [1.29, 1.82) is 0 Å². The first-order valence-electron chi connectivity index (χ1n) is 8.16. The van der Waals surface area contributed by atoms with E-state index in [2.05, 4.69) is 92.9 Å². The molecular weight excluding hydrogens is 438 g/mol. The van der Waals surface area contributed by atoms with Crippen LogP contribution in [0.5, 0.6) is 0 Å². The van der Waals surface area contributed by atoms with Gasteiger partial charge in [0.25, 0.3) is 0 Å². The van der Waals surface area contributed by atoms with Gasteiger partial charge < -0.3 is 59.5 Å². The maximum absolute atomic E-state index is 5.05. The topological polar surface area (TPSA) is 6.48 Å². The van der Waals surface area contributed by atoms with Crippen LogP contribution in [0.3, 0.4) is 0 Å². The van der Waals surface area contributed by atoms with E-state index in [1.165, 1.54) is 0 Å². The third kappa shape index (κ3) is 12.0. The van der Waals surface area contributed by atoms with Crippen molar-refractivity contribution in [2.24, 2.45) is 0 Å². The molecule has 0 saturated carbocycles. The van der Waals surface area contributed by atoms with Gasteiger partial charge in [0.05, 0.1) is 0 Å². The van der Waals surface area contributed by atoms with Gasteiger partial charge >= 0.3 is 19.5 Å². The molecule has 0 aliphatic carbocycles. The van der Waals surface area contributed by atoms with E-state index >= 15 is 0 Å². The van der Waals surface area contributed by atoms with Gasteiger partial charge in [-0.25, -0.2) is 0 Å². The van der Waals surface area contributed by atoms with E-state index < -0.39 is 0 Å². The molecule has 0 atom stereocenters. The van der Waals surface area contributed by atoms with Crippen LogP contribution in [0.1, 0.15) is 83.1 Å². The van der Waals surface area contributed by atoms with Crippen molar-refractivity contribution < 1.29 is 19.5 Å². The molecule has 144 valence electrons. The maximum Gasteiger partial charge on any atom is 2.00 e. The third-order valence-electron chi connectivity index (χ3n) is 3.05. The van der Waals surface area contributed by atoms with E-state index in [1.54, 1.807) is 0 Å². The SMILES string of the molecule is CC(C)(C)N(C(=S)[S-])C(C)(C)C.CC(C)(C)N(C(=S)[S-])C(C)(C)C.[Zn+2]. The molecular formula is C18H36N2S4Zn. The number of nitrogens with zero attached hydrogens (tertiary/aromatic N) is 2. The fraction of sp³-hybridized carbons (Fsp3) is 0.889. The van der Waals surface area contributed by atoms with E-state index in [0.29, 0.717) is 8.64 Å². The number of thiocarbonyl (C=S) groups is 2. The second-order valence-electron chi connectivity index (χ2n) is 9.89. The normalized spacial score (nSPS) is 12.3. The maximum atomic E-state index is 5.05. The molecule has 0 rings (SSSR count). The Morgan fingerprint density at radius 2 is 0.640 bits per heavy atom. The molecule has 0 aromatic rings. The van der Waals surface area contributed by atoms with Gasteiger partial charge in [-0.15, -0.1) is 0 Å². The number of rotatable bonds is 0. The van der Waals surface area contributed by atoms with Crippen LogP contribution >= 0.6 is 24.4 Å². The van der Waals surface area contributed by atoms with E-state index in [-0.39, 0.29) is 41.6 Å². The van der Waals surface area contributed by atoms with Gasteiger partial charge in [-0.1, -0.05) is 8.64 Å². The minimum atomic E-state index is 0. The Kier molecular flexibility index (Phi) is 12.7. The monoisotopic (exact) mass is 472 g/mol. The second kappa shape index (κ2) is 10.4. The first kappa shape index (κ1) is 30.6. The first-order chi connectivity index (χ1) is 10.1. The van der Waals surface area contributed by atoms with Crippen molar-refractivity contribution in [3.05, 3.63) is 0 Å². The van der Waals surface area contributed by atoms with E-state index in [1.807, 2.05) is 0 Å². The molecule has 0 aliphatic heterocycles. The second-order valence-corrected chi connectivity index (χ2v) is 11.9. The number of hydrogen-bond acceptors (Lipinski definition) is 4. The Bertz CT molecular complexity index is 368. The molecule has 7 heteroatoms. The summed E-state index contributed by atoms with van der Waals surface area (Å²) in [4.78, 5) is 4.18. The molecule has 0 aromatic carbocycles. The van der Waals surface area contributed by atoms with Gasteiger partial charge in [0.2, 0.25) is 0 Å². The quantitative estimate of drug-likeness (QED) is 0.261. The molecule has 0 unspecified atom stereocenters. The van der Waals surface area contributed by atoms with Crippen molar-refractivity contribution in [2.75, 3.05) is 0 Å². The zero-order valence-electron chi connectivity index (χ0n) is 18.2. The Labute approximate surface area is 191 Å². The van der Waals surface area contributed by atoms with E-state index in [0.717, 1.165) is 0 Å². The standard InChI is InChI=1S/2C9H19NS2.Zn/c2*1-8(2,3)10(7(11)12)9(4,5)6;/h2*1-6H3,(H,11,12);/q;;+2/p-2. The molecule has 0 aromatic heterocycles. The Hall–Kier alpha value is 0.843. The zero-order valence-corrected chi connectivity index (χ0v) is 24.5. The summed E-state index contributed by atoms with van der Waals surface area (Å²) >= 11 is 20.2. The molecule has 0 spiro atoms. The van der Waals surface area contributed by atoms with Crippen LogP contribution in [0.15, 0.2) is 0 Å². The van der Waals surface area contributed by atoms with Crippen molar-refractivity contribution >= 4 is 58.3 Å². The van der Waals surface area contributed by atoms with Crippen LogP contribution in [0.25, 0.3) is 0 Å². The minimum Gasteiger partial charge on any atom is -0.411 e. The van der Waals surface area contributed by atoms with E-state index in [9.17, 15) is 0 Å². The van der Waals surface area contributed by atoms with Crippen LogP contribution in [0.2, 0.25) is 0 Å². The fourth-order valence-electron chi connectivity index (χ4n) is 3.11. The summed E-state index contributed by atoms with van der Waals surface area (Å²) in [7, 11) is 0. The summed E-state index contributed by atoms with van der Waals surface area (Å²) < 4.78 is 1.10. The molecule has 0 bridgehead atoms. The minimum absolute atomic E-state index is 0. The van der Waals surface area contributed by atoms with E-state index in [4.69, 9.17) is 49.7 Å². The summed E-state index contributed by atoms with van der Waals surface area (Å²) in [6.07, 6.45) is 0. The summed E-state index contributed by atoms with van der Waals surface area (Å²) in [6.45, 7) is 25.5. The largest absolute Gasteiger partial charge is 2.00 e. The molecule has 0 saturated heterocycles. The molecule has 0 N–H and O–H groups in total. The Balaban J connectivity index is -0.000000372. The van der Waals surface area contributed by atoms with Gasteiger partial charge in [0.15, 0.2) is 0 Å². The predicted octanol–water partition coefficient (Wildman–Crippen LogP) is 5.43. The van der Waals surface area contributed by atoms with Crippen LogP contribution < -0.4 is 0 Å². The van der Waals surface area contributed by atoms with Crippen molar-refractivity contribution in [2.45, 2.75) is 105 Å². The molecule has 0 heterocycles. The van der Waals surface area contributed by atoms with Crippen LogP contribution in [0.4, 0.5) is 0 Å². The summed E-state index contributed by atoms with van der Waals surface area (Å²) in [5.74, 6) is 0. The average Bonchev–Trinajstić information content (AvgIpc) is 2.03. The van der Waals surface area contributed by atoms with Gasteiger partial charge in [0, 0.05) is 22.2 Å². The molecule has 0 aliphatic rings. The van der Waals surface area contributed by atoms with Gasteiger partial charge in [-0.3, -0.25) is 0 Å². The summed E-state index contributed by atoms with van der Waals surface area (Å²) in [6, 6.07) is 0. The molecule has 0 radical (unpaired) electrons. The van der Waals surface area contributed by atoms with Crippen LogP contribution in [-0.4, -0.2) is 40.6 Å². The zero-order chi connectivity index (χ0) is 20.3. The van der Waals surface area contributed by atoms with Gasteiger partial charge in [-0.2, -0.15) is 0 Å².